The Labute approximate surface area is 164 Å². The molecule has 0 aliphatic carbocycles. The number of rotatable bonds is 5. The van der Waals surface area contributed by atoms with Gasteiger partial charge in [-0.05, 0) is 67.6 Å². The van der Waals surface area contributed by atoms with Crippen LogP contribution in [0, 0.1) is 12.8 Å². The number of benzene rings is 2. The first-order valence-electron chi connectivity index (χ1n) is 9.30. The van der Waals surface area contributed by atoms with Crippen LogP contribution in [0.5, 0.6) is 5.75 Å². The van der Waals surface area contributed by atoms with Gasteiger partial charge in [-0.25, -0.2) is 0 Å². The number of carbonyl (C=O) groups excluding carboxylic acids is 2. The second-order valence-electron chi connectivity index (χ2n) is 7.15. The van der Waals surface area contributed by atoms with Crippen LogP contribution in [0.25, 0.3) is 0 Å². The van der Waals surface area contributed by atoms with Crippen molar-refractivity contribution in [1.82, 2.24) is 4.90 Å². The summed E-state index contributed by atoms with van der Waals surface area (Å²) >= 11 is 6.14. The number of aromatic hydroxyl groups is 1. The Morgan fingerprint density at radius 1 is 1.11 bits per heavy atom. The molecule has 1 heterocycles. The molecule has 0 unspecified atom stereocenters. The lowest BCUT2D eigenvalue weighted by atomic mass is 9.88. The molecule has 0 spiro atoms. The summed E-state index contributed by atoms with van der Waals surface area (Å²) in [5, 5.41) is 10.1. The average molecular weight is 386 g/mol. The highest BCUT2D eigenvalue weighted by Crippen LogP contribution is 2.24. The normalized spacial score (nSPS) is 15.0. The fraction of sp³-hybridized carbons (Fsp3) is 0.364. The molecular weight excluding hydrogens is 362 g/mol. The van der Waals surface area contributed by atoms with Crippen molar-refractivity contribution in [2.45, 2.75) is 32.6 Å². The van der Waals surface area contributed by atoms with E-state index in [1.54, 1.807) is 12.1 Å². The number of amides is 1. The van der Waals surface area contributed by atoms with E-state index in [9.17, 15) is 14.7 Å². The monoisotopic (exact) mass is 385 g/mol. The lowest BCUT2D eigenvalue weighted by molar-refractivity contribution is -0.132. The first-order valence-corrected chi connectivity index (χ1v) is 9.68. The second-order valence-corrected chi connectivity index (χ2v) is 7.56. The van der Waals surface area contributed by atoms with Crippen molar-refractivity contribution in [3.8, 4) is 5.75 Å². The Hall–Kier alpha value is -2.33. The molecule has 2 aromatic rings. The fourth-order valence-electron chi connectivity index (χ4n) is 3.45. The predicted molar refractivity (Wildman–Crippen MR) is 106 cm³/mol. The quantitative estimate of drug-likeness (QED) is 0.775. The molecule has 0 aromatic heterocycles. The Bertz CT molecular complexity index is 824. The zero-order valence-electron chi connectivity index (χ0n) is 15.5. The molecular formula is C22H24ClNO3. The van der Waals surface area contributed by atoms with Gasteiger partial charge in [-0.3, -0.25) is 9.59 Å². The van der Waals surface area contributed by atoms with E-state index in [0.717, 1.165) is 16.1 Å². The van der Waals surface area contributed by atoms with Gasteiger partial charge in [-0.1, -0.05) is 23.7 Å². The minimum absolute atomic E-state index is 0.0606. The highest BCUT2D eigenvalue weighted by molar-refractivity contribution is 6.31. The predicted octanol–water partition coefficient (Wildman–Crippen LogP) is 4.41. The Morgan fingerprint density at radius 2 is 1.78 bits per heavy atom. The van der Waals surface area contributed by atoms with Crippen molar-refractivity contribution < 1.29 is 14.7 Å². The van der Waals surface area contributed by atoms with Gasteiger partial charge in [0.25, 0.3) is 0 Å². The van der Waals surface area contributed by atoms with E-state index in [2.05, 4.69) is 0 Å². The Kier molecular flexibility index (Phi) is 6.17. The van der Waals surface area contributed by atoms with Crippen molar-refractivity contribution in [1.29, 1.82) is 0 Å². The second kappa shape index (κ2) is 8.57. The van der Waals surface area contributed by atoms with Crippen LogP contribution >= 0.6 is 11.6 Å². The number of phenolic OH excluding ortho intramolecular Hbond substituents is 1. The molecule has 0 atom stereocenters. The zero-order chi connectivity index (χ0) is 19.4. The van der Waals surface area contributed by atoms with Crippen LogP contribution in [0.15, 0.2) is 42.5 Å². The number of Topliss-reactive ketones (excluding diaryl/α,β-unsaturated/α-hetero) is 1. The van der Waals surface area contributed by atoms with Crippen LogP contribution in [0.2, 0.25) is 5.02 Å². The third-order valence-corrected chi connectivity index (χ3v) is 5.64. The summed E-state index contributed by atoms with van der Waals surface area (Å²) in [5.41, 5.74) is 2.72. The molecule has 1 N–H and O–H groups in total. The third-order valence-electron chi connectivity index (χ3n) is 5.23. The smallest absolute Gasteiger partial charge is 0.222 e. The van der Waals surface area contributed by atoms with E-state index in [0.29, 0.717) is 44.3 Å². The highest BCUT2D eigenvalue weighted by atomic mass is 35.5. The minimum Gasteiger partial charge on any atom is -0.508 e. The molecule has 4 nitrogen and oxygen atoms in total. The molecule has 0 bridgehead atoms. The fourth-order valence-corrected chi connectivity index (χ4v) is 3.66. The summed E-state index contributed by atoms with van der Waals surface area (Å²) in [5.74, 6) is 0.315. The van der Waals surface area contributed by atoms with E-state index < -0.39 is 0 Å². The number of piperidine rings is 1. The third kappa shape index (κ3) is 4.89. The van der Waals surface area contributed by atoms with Gasteiger partial charge in [-0.2, -0.15) is 0 Å². The zero-order valence-corrected chi connectivity index (χ0v) is 16.2. The molecule has 1 amide bonds. The first kappa shape index (κ1) is 19.4. The SMILES string of the molecule is Cc1ccc(CCC(=O)N2CCC(C(=O)c3ccc(O)cc3)CC2)cc1Cl. The van der Waals surface area contributed by atoms with Crippen molar-refractivity contribution in [3.63, 3.8) is 0 Å². The van der Waals surface area contributed by atoms with E-state index in [-0.39, 0.29) is 23.4 Å². The number of phenols is 1. The summed E-state index contributed by atoms with van der Waals surface area (Å²) in [6, 6.07) is 12.3. The molecule has 1 saturated heterocycles. The molecule has 1 fully saturated rings. The van der Waals surface area contributed by atoms with E-state index in [4.69, 9.17) is 11.6 Å². The van der Waals surface area contributed by atoms with Crippen LogP contribution in [0.4, 0.5) is 0 Å². The van der Waals surface area contributed by atoms with Crippen molar-refractivity contribution in [3.05, 3.63) is 64.2 Å². The van der Waals surface area contributed by atoms with Gasteiger partial charge in [0, 0.05) is 36.0 Å². The largest absolute Gasteiger partial charge is 0.508 e. The summed E-state index contributed by atoms with van der Waals surface area (Å²) < 4.78 is 0. The summed E-state index contributed by atoms with van der Waals surface area (Å²) in [6.07, 6.45) is 2.49. The van der Waals surface area contributed by atoms with Gasteiger partial charge < -0.3 is 10.0 Å². The number of nitrogens with zero attached hydrogens (tertiary/aromatic N) is 1. The lowest BCUT2D eigenvalue weighted by Crippen LogP contribution is -2.40. The van der Waals surface area contributed by atoms with Gasteiger partial charge in [0.15, 0.2) is 5.78 Å². The maximum absolute atomic E-state index is 12.6. The number of halogens is 1. The number of likely N-dealkylation sites (tertiary alicyclic amines) is 1. The van der Waals surface area contributed by atoms with Gasteiger partial charge in [0.05, 0.1) is 0 Å². The number of hydrogen-bond donors (Lipinski definition) is 1. The number of carbonyl (C=O) groups is 2. The first-order chi connectivity index (χ1) is 12.9. The molecule has 142 valence electrons. The van der Waals surface area contributed by atoms with Gasteiger partial charge >= 0.3 is 0 Å². The summed E-state index contributed by atoms with van der Waals surface area (Å²) in [7, 11) is 0. The maximum Gasteiger partial charge on any atom is 0.222 e. The lowest BCUT2D eigenvalue weighted by Gasteiger charge is -2.31. The summed E-state index contributed by atoms with van der Waals surface area (Å²) in [4.78, 5) is 26.9. The van der Waals surface area contributed by atoms with Crippen LogP contribution < -0.4 is 0 Å². The number of hydrogen-bond acceptors (Lipinski definition) is 3. The molecule has 1 aliphatic rings. The minimum atomic E-state index is -0.0606. The van der Waals surface area contributed by atoms with E-state index in [1.165, 1.54) is 12.1 Å². The van der Waals surface area contributed by atoms with Gasteiger partial charge in [-0.15, -0.1) is 0 Å². The van der Waals surface area contributed by atoms with Crippen molar-refractivity contribution in [2.24, 2.45) is 5.92 Å². The van der Waals surface area contributed by atoms with Crippen molar-refractivity contribution >= 4 is 23.3 Å². The topological polar surface area (TPSA) is 57.6 Å². The van der Waals surface area contributed by atoms with Crippen molar-refractivity contribution in [2.75, 3.05) is 13.1 Å². The van der Waals surface area contributed by atoms with E-state index in [1.807, 2.05) is 30.0 Å². The molecule has 5 heteroatoms. The van der Waals surface area contributed by atoms with Crippen LogP contribution in [0.3, 0.4) is 0 Å². The van der Waals surface area contributed by atoms with Crippen LogP contribution in [-0.4, -0.2) is 34.8 Å². The number of ketones is 1. The number of aryl methyl sites for hydroxylation is 2. The molecule has 2 aromatic carbocycles. The molecule has 27 heavy (non-hydrogen) atoms. The highest BCUT2D eigenvalue weighted by Gasteiger charge is 2.27. The maximum atomic E-state index is 12.6. The Morgan fingerprint density at radius 3 is 2.41 bits per heavy atom. The molecule has 1 aliphatic heterocycles. The Balaban J connectivity index is 1.49. The summed E-state index contributed by atoms with van der Waals surface area (Å²) in [6.45, 7) is 3.19. The van der Waals surface area contributed by atoms with Gasteiger partial charge in [0.1, 0.15) is 5.75 Å². The van der Waals surface area contributed by atoms with Crippen LogP contribution in [0.1, 0.15) is 40.7 Å². The van der Waals surface area contributed by atoms with Crippen LogP contribution in [-0.2, 0) is 11.2 Å². The molecule has 0 saturated carbocycles. The van der Waals surface area contributed by atoms with Gasteiger partial charge in [0.2, 0.25) is 5.91 Å². The van der Waals surface area contributed by atoms with E-state index >= 15 is 0 Å². The average Bonchev–Trinajstić information content (AvgIpc) is 2.69. The standard InChI is InChI=1S/C22H24ClNO3/c1-15-2-3-16(14-20(15)23)4-9-21(26)24-12-10-18(11-13-24)22(27)17-5-7-19(25)8-6-17/h2-3,5-8,14,18,25H,4,9-13H2,1H3. The molecule has 3 rings (SSSR count). The molecule has 0 radical (unpaired) electrons.